The summed E-state index contributed by atoms with van der Waals surface area (Å²) in [4.78, 5) is 24.1. The van der Waals surface area contributed by atoms with E-state index in [0.29, 0.717) is 19.4 Å². The molecule has 1 aromatic rings. The summed E-state index contributed by atoms with van der Waals surface area (Å²) in [7, 11) is -3.71. The lowest BCUT2D eigenvalue weighted by Crippen LogP contribution is -2.45. The van der Waals surface area contributed by atoms with Crippen molar-refractivity contribution in [1.29, 1.82) is 0 Å². The number of nitrogens with one attached hydrogen (secondary N) is 1. The number of nitrogens with zero attached hydrogens (tertiary/aromatic N) is 1. The minimum Gasteiger partial charge on any atom is -0.480 e. The van der Waals surface area contributed by atoms with Gasteiger partial charge in [0.1, 0.15) is 10.3 Å². The van der Waals surface area contributed by atoms with Crippen LogP contribution >= 0.6 is 11.3 Å². The molecule has 1 aliphatic rings. The highest BCUT2D eigenvalue weighted by molar-refractivity contribution is 7.91. The molecule has 1 atom stereocenters. The summed E-state index contributed by atoms with van der Waals surface area (Å²) in [6.07, 6.45) is 1.01. The molecule has 20 heavy (non-hydrogen) atoms. The summed E-state index contributed by atoms with van der Waals surface area (Å²) < 4.78 is 26.0. The van der Waals surface area contributed by atoms with E-state index in [4.69, 9.17) is 5.11 Å². The Kier molecular flexibility index (Phi) is 4.41. The fraction of sp³-hybridized carbons (Fsp3) is 0.455. The molecule has 0 bridgehead atoms. The van der Waals surface area contributed by atoms with E-state index in [1.165, 1.54) is 11.0 Å². The van der Waals surface area contributed by atoms with Gasteiger partial charge in [0.15, 0.2) is 0 Å². The highest BCUT2D eigenvalue weighted by Crippen LogP contribution is 2.18. The summed E-state index contributed by atoms with van der Waals surface area (Å²) in [6.45, 7) is -0.0828. The number of carboxylic acids is 1. The fourth-order valence-corrected chi connectivity index (χ4v) is 4.08. The van der Waals surface area contributed by atoms with Gasteiger partial charge < -0.3 is 10.0 Å². The second kappa shape index (κ2) is 5.90. The molecule has 0 radical (unpaired) electrons. The van der Waals surface area contributed by atoms with Crippen LogP contribution in [0.3, 0.4) is 0 Å². The molecule has 2 rings (SSSR count). The van der Waals surface area contributed by atoms with Crippen LogP contribution in [-0.2, 0) is 19.6 Å². The second-order valence-electron chi connectivity index (χ2n) is 4.34. The van der Waals surface area contributed by atoms with Crippen LogP contribution in [0.4, 0.5) is 0 Å². The summed E-state index contributed by atoms with van der Waals surface area (Å²) in [6, 6.07) is 2.18. The van der Waals surface area contributed by atoms with Gasteiger partial charge in [-0.15, -0.1) is 11.3 Å². The summed E-state index contributed by atoms with van der Waals surface area (Å²) in [5.74, 6) is -1.58. The van der Waals surface area contributed by atoms with Crippen LogP contribution in [0.5, 0.6) is 0 Å². The predicted molar refractivity (Wildman–Crippen MR) is 71.9 cm³/mol. The number of sulfonamides is 1. The lowest BCUT2D eigenvalue weighted by molar-refractivity contribution is -0.147. The topological polar surface area (TPSA) is 104 Å². The number of rotatable bonds is 5. The molecule has 0 aliphatic carbocycles. The largest absolute Gasteiger partial charge is 0.480 e. The van der Waals surface area contributed by atoms with E-state index < -0.39 is 34.5 Å². The number of hydrogen-bond acceptors (Lipinski definition) is 5. The molecule has 1 amide bonds. The first-order valence-corrected chi connectivity index (χ1v) is 8.33. The van der Waals surface area contributed by atoms with Crippen LogP contribution in [0, 0.1) is 0 Å². The zero-order chi connectivity index (χ0) is 14.8. The van der Waals surface area contributed by atoms with E-state index in [2.05, 4.69) is 4.72 Å². The van der Waals surface area contributed by atoms with Crippen molar-refractivity contribution in [2.45, 2.75) is 23.1 Å². The molecule has 2 N–H and O–H groups in total. The SMILES string of the molecule is O=C(O)[C@H]1CCCN1C(=O)CNS(=O)(=O)c1cccs1. The average molecular weight is 318 g/mol. The van der Waals surface area contributed by atoms with Crippen LogP contribution in [0.15, 0.2) is 21.7 Å². The molecule has 9 heteroatoms. The van der Waals surface area contributed by atoms with E-state index in [0.717, 1.165) is 11.3 Å². The van der Waals surface area contributed by atoms with Gasteiger partial charge in [0.05, 0.1) is 6.54 Å². The Balaban J connectivity index is 1.97. The molecule has 1 aliphatic heterocycles. The van der Waals surface area contributed by atoms with Gasteiger partial charge in [-0.2, -0.15) is 0 Å². The Morgan fingerprint density at radius 3 is 2.85 bits per heavy atom. The standard InChI is InChI=1S/C11H14N2O5S2/c14-9(13-5-1-3-8(13)11(15)16)7-12-20(17,18)10-4-2-6-19-10/h2,4,6,8,12H,1,3,5,7H2,(H,15,16)/t8-/m1/s1. The number of carbonyl (C=O) groups excluding carboxylic acids is 1. The normalized spacial score (nSPS) is 19.2. The molecular formula is C11H14N2O5S2. The minimum absolute atomic E-state index is 0.126. The molecule has 1 saturated heterocycles. The lowest BCUT2D eigenvalue weighted by atomic mass is 10.2. The highest BCUT2D eigenvalue weighted by atomic mass is 32.2. The van der Waals surface area contributed by atoms with E-state index in [9.17, 15) is 18.0 Å². The smallest absolute Gasteiger partial charge is 0.326 e. The van der Waals surface area contributed by atoms with Gasteiger partial charge in [0, 0.05) is 6.54 Å². The number of thiophene rings is 1. The quantitative estimate of drug-likeness (QED) is 0.801. The molecule has 7 nitrogen and oxygen atoms in total. The van der Waals surface area contributed by atoms with Gasteiger partial charge in [-0.05, 0) is 24.3 Å². The predicted octanol–water partition coefficient (Wildman–Crippen LogP) is 0.102. The number of likely N-dealkylation sites (tertiary alicyclic amines) is 1. The molecule has 0 aromatic carbocycles. The third-order valence-electron chi connectivity index (χ3n) is 3.03. The van der Waals surface area contributed by atoms with Crippen molar-refractivity contribution < 1.29 is 23.1 Å². The molecule has 0 saturated carbocycles. The van der Waals surface area contributed by atoms with Gasteiger partial charge in [0.2, 0.25) is 5.91 Å². The third-order valence-corrected chi connectivity index (χ3v) is 5.83. The van der Waals surface area contributed by atoms with Gasteiger partial charge in [-0.1, -0.05) is 6.07 Å². The molecule has 0 spiro atoms. The van der Waals surface area contributed by atoms with Crippen molar-refractivity contribution in [3.05, 3.63) is 17.5 Å². The number of carbonyl (C=O) groups is 2. The molecule has 0 unspecified atom stereocenters. The molecule has 110 valence electrons. The van der Waals surface area contributed by atoms with Crippen molar-refractivity contribution >= 4 is 33.2 Å². The summed E-state index contributed by atoms with van der Waals surface area (Å²) in [5, 5.41) is 10.6. The van der Waals surface area contributed by atoms with Crippen LogP contribution in [0.2, 0.25) is 0 Å². The number of aliphatic carboxylic acids is 1. The van der Waals surface area contributed by atoms with E-state index >= 15 is 0 Å². The fourth-order valence-electron chi connectivity index (χ4n) is 2.07. The van der Waals surface area contributed by atoms with Crippen molar-refractivity contribution in [3.8, 4) is 0 Å². The Morgan fingerprint density at radius 1 is 1.50 bits per heavy atom. The number of carboxylic acid groups (broad SMARTS) is 1. The zero-order valence-electron chi connectivity index (χ0n) is 10.5. The van der Waals surface area contributed by atoms with E-state index in [-0.39, 0.29) is 4.21 Å². The maximum Gasteiger partial charge on any atom is 0.326 e. The first kappa shape index (κ1) is 14.9. The van der Waals surface area contributed by atoms with Crippen molar-refractivity contribution in [2.24, 2.45) is 0 Å². The van der Waals surface area contributed by atoms with Gasteiger partial charge in [0.25, 0.3) is 10.0 Å². The Hall–Kier alpha value is -1.45. The van der Waals surface area contributed by atoms with Crippen LogP contribution in [0.25, 0.3) is 0 Å². The second-order valence-corrected chi connectivity index (χ2v) is 7.28. The van der Waals surface area contributed by atoms with Gasteiger partial charge >= 0.3 is 5.97 Å². The Morgan fingerprint density at radius 2 is 2.25 bits per heavy atom. The van der Waals surface area contributed by atoms with Crippen molar-refractivity contribution in [2.75, 3.05) is 13.1 Å². The van der Waals surface area contributed by atoms with Crippen LogP contribution in [-0.4, -0.2) is 49.4 Å². The van der Waals surface area contributed by atoms with Crippen molar-refractivity contribution in [3.63, 3.8) is 0 Å². The van der Waals surface area contributed by atoms with Crippen LogP contribution in [0.1, 0.15) is 12.8 Å². The van der Waals surface area contributed by atoms with Crippen LogP contribution < -0.4 is 4.72 Å². The highest BCUT2D eigenvalue weighted by Gasteiger charge is 2.34. The maximum atomic E-state index is 11.9. The lowest BCUT2D eigenvalue weighted by Gasteiger charge is -2.21. The summed E-state index contributed by atoms with van der Waals surface area (Å²) >= 11 is 1.05. The molecule has 1 aromatic heterocycles. The molecular weight excluding hydrogens is 304 g/mol. The molecule has 2 heterocycles. The third kappa shape index (κ3) is 3.17. The van der Waals surface area contributed by atoms with E-state index in [1.807, 2.05) is 0 Å². The minimum atomic E-state index is -3.71. The number of hydrogen-bond donors (Lipinski definition) is 2. The zero-order valence-corrected chi connectivity index (χ0v) is 12.1. The van der Waals surface area contributed by atoms with Gasteiger partial charge in [-0.3, -0.25) is 4.79 Å². The summed E-state index contributed by atoms with van der Waals surface area (Å²) in [5.41, 5.74) is 0. The Bertz CT molecular complexity index is 596. The average Bonchev–Trinajstić information content (AvgIpc) is 3.06. The van der Waals surface area contributed by atoms with Crippen molar-refractivity contribution in [1.82, 2.24) is 9.62 Å². The first-order valence-electron chi connectivity index (χ1n) is 5.97. The Labute approximate surface area is 120 Å². The molecule has 1 fully saturated rings. The van der Waals surface area contributed by atoms with Gasteiger partial charge in [-0.25, -0.2) is 17.9 Å². The first-order chi connectivity index (χ1) is 9.42. The monoisotopic (exact) mass is 318 g/mol. The van der Waals surface area contributed by atoms with E-state index in [1.54, 1.807) is 11.4 Å². The maximum absolute atomic E-state index is 11.9. The number of amides is 1.